The lowest BCUT2D eigenvalue weighted by Crippen LogP contribution is -2.54. The Bertz CT molecular complexity index is 579. The summed E-state index contributed by atoms with van der Waals surface area (Å²) < 4.78 is 0. The van der Waals surface area contributed by atoms with Gasteiger partial charge in [0.25, 0.3) is 0 Å². The molecule has 0 unspecified atom stereocenters. The van der Waals surface area contributed by atoms with E-state index in [0.29, 0.717) is 12.6 Å². The third-order valence-corrected chi connectivity index (χ3v) is 5.54. The van der Waals surface area contributed by atoms with E-state index in [1.807, 2.05) is 23.1 Å². The molecule has 0 aromatic heterocycles. The molecule has 2 aliphatic rings. The van der Waals surface area contributed by atoms with Gasteiger partial charge in [-0.25, -0.2) is 0 Å². The van der Waals surface area contributed by atoms with Crippen molar-refractivity contribution in [3.05, 3.63) is 29.3 Å². The van der Waals surface area contributed by atoms with E-state index >= 15 is 0 Å². The Hall–Kier alpha value is -1.30. The van der Waals surface area contributed by atoms with Gasteiger partial charge in [-0.3, -0.25) is 14.6 Å². The fourth-order valence-electron chi connectivity index (χ4n) is 3.62. The summed E-state index contributed by atoms with van der Waals surface area (Å²) in [6.07, 6.45) is 0. The van der Waals surface area contributed by atoms with Crippen LogP contribution < -0.4 is 4.90 Å². The molecule has 5 nitrogen and oxygen atoms in total. The third kappa shape index (κ3) is 4.87. The standard InChI is InChI=1S/C19H29ClN4O/c1-16(2)22-10-12-24(13-11-22)19(25)15-21-6-8-23(9-7-21)18-5-3-4-17(20)14-18/h3-5,14,16H,6-13,15H2,1-2H3. The highest BCUT2D eigenvalue weighted by Crippen LogP contribution is 2.20. The van der Waals surface area contributed by atoms with Crippen molar-refractivity contribution in [3.8, 4) is 0 Å². The van der Waals surface area contributed by atoms with Crippen LogP contribution >= 0.6 is 11.6 Å². The second-order valence-corrected chi connectivity index (χ2v) is 7.69. The number of nitrogens with zero attached hydrogens (tertiary/aromatic N) is 4. The van der Waals surface area contributed by atoms with Gasteiger partial charge in [0.2, 0.25) is 5.91 Å². The van der Waals surface area contributed by atoms with E-state index in [1.165, 1.54) is 5.69 Å². The van der Waals surface area contributed by atoms with Crippen LogP contribution in [0.2, 0.25) is 5.02 Å². The highest BCUT2D eigenvalue weighted by molar-refractivity contribution is 6.30. The summed E-state index contributed by atoms with van der Waals surface area (Å²) in [6, 6.07) is 8.57. The summed E-state index contributed by atoms with van der Waals surface area (Å²) in [5, 5.41) is 0.774. The Morgan fingerprint density at radius 3 is 2.32 bits per heavy atom. The van der Waals surface area contributed by atoms with Gasteiger partial charge in [0, 0.05) is 69.1 Å². The number of piperazine rings is 2. The van der Waals surface area contributed by atoms with Crippen LogP contribution in [-0.2, 0) is 4.79 Å². The van der Waals surface area contributed by atoms with Crippen molar-refractivity contribution in [2.24, 2.45) is 0 Å². The fraction of sp³-hybridized carbons (Fsp3) is 0.632. The van der Waals surface area contributed by atoms with Crippen molar-refractivity contribution in [1.29, 1.82) is 0 Å². The SMILES string of the molecule is CC(C)N1CCN(C(=O)CN2CCN(c3cccc(Cl)c3)CC2)CC1. The first-order valence-electron chi connectivity index (χ1n) is 9.27. The minimum atomic E-state index is 0.277. The van der Waals surface area contributed by atoms with Gasteiger partial charge < -0.3 is 9.80 Å². The molecule has 2 aliphatic heterocycles. The molecule has 25 heavy (non-hydrogen) atoms. The number of carbonyl (C=O) groups excluding carboxylic acids is 1. The van der Waals surface area contributed by atoms with Crippen molar-refractivity contribution in [2.75, 3.05) is 63.8 Å². The average Bonchev–Trinajstić information content (AvgIpc) is 2.62. The number of carbonyl (C=O) groups is 1. The molecule has 0 N–H and O–H groups in total. The number of benzene rings is 1. The van der Waals surface area contributed by atoms with Crippen LogP contribution in [0.25, 0.3) is 0 Å². The highest BCUT2D eigenvalue weighted by Gasteiger charge is 2.25. The molecule has 2 saturated heterocycles. The summed E-state index contributed by atoms with van der Waals surface area (Å²) in [6.45, 7) is 12.4. The van der Waals surface area contributed by atoms with Crippen molar-refractivity contribution in [2.45, 2.75) is 19.9 Å². The number of amides is 1. The van der Waals surface area contributed by atoms with Crippen LogP contribution in [0.15, 0.2) is 24.3 Å². The van der Waals surface area contributed by atoms with Gasteiger partial charge in [-0.2, -0.15) is 0 Å². The molecule has 138 valence electrons. The predicted molar refractivity (Wildman–Crippen MR) is 103 cm³/mol. The first kappa shape index (κ1) is 18.5. The second-order valence-electron chi connectivity index (χ2n) is 7.25. The van der Waals surface area contributed by atoms with Crippen molar-refractivity contribution in [1.82, 2.24) is 14.7 Å². The van der Waals surface area contributed by atoms with E-state index < -0.39 is 0 Å². The molecule has 0 atom stereocenters. The maximum atomic E-state index is 12.6. The molecule has 2 fully saturated rings. The summed E-state index contributed by atoms with van der Waals surface area (Å²) in [5.74, 6) is 0.277. The van der Waals surface area contributed by atoms with Gasteiger partial charge >= 0.3 is 0 Å². The normalized spacial score (nSPS) is 20.3. The van der Waals surface area contributed by atoms with Crippen molar-refractivity contribution in [3.63, 3.8) is 0 Å². The zero-order chi connectivity index (χ0) is 17.8. The van der Waals surface area contributed by atoms with E-state index in [4.69, 9.17) is 11.6 Å². The fourth-order valence-corrected chi connectivity index (χ4v) is 3.80. The molecule has 1 amide bonds. The van der Waals surface area contributed by atoms with Crippen LogP contribution in [0.3, 0.4) is 0 Å². The summed E-state index contributed by atoms with van der Waals surface area (Å²) in [5.41, 5.74) is 1.17. The molecule has 6 heteroatoms. The van der Waals surface area contributed by atoms with Crippen LogP contribution in [0.1, 0.15) is 13.8 Å². The molecule has 0 aliphatic carbocycles. The lowest BCUT2D eigenvalue weighted by molar-refractivity contribution is -0.134. The first-order chi connectivity index (χ1) is 12.0. The molecule has 0 saturated carbocycles. The van der Waals surface area contributed by atoms with Gasteiger partial charge in [0.15, 0.2) is 0 Å². The van der Waals surface area contributed by atoms with Crippen molar-refractivity contribution >= 4 is 23.2 Å². The Morgan fingerprint density at radius 2 is 1.72 bits per heavy atom. The van der Waals surface area contributed by atoms with E-state index in [1.54, 1.807) is 0 Å². The Balaban J connectivity index is 1.44. The molecule has 0 spiro atoms. The molecular formula is C19H29ClN4O. The van der Waals surface area contributed by atoms with Crippen LogP contribution in [0.4, 0.5) is 5.69 Å². The Morgan fingerprint density at radius 1 is 1.04 bits per heavy atom. The third-order valence-electron chi connectivity index (χ3n) is 5.30. The Kier molecular flexibility index (Phi) is 6.20. The molecular weight excluding hydrogens is 336 g/mol. The maximum Gasteiger partial charge on any atom is 0.236 e. The Labute approximate surface area is 156 Å². The predicted octanol–water partition coefficient (Wildman–Crippen LogP) is 2.01. The largest absolute Gasteiger partial charge is 0.369 e. The van der Waals surface area contributed by atoms with E-state index in [0.717, 1.165) is 57.4 Å². The van der Waals surface area contributed by atoms with E-state index in [9.17, 15) is 4.79 Å². The lowest BCUT2D eigenvalue weighted by Gasteiger charge is -2.39. The van der Waals surface area contributed by atoms with Gasteiger partial charge in [0.1, 0.15) is 0 Å². The summed E-state index contributed by atoms with van der Waals surface area (Å²) >= 11 is 6.09. The van der Waals surface area contributed by atoms with Gasteiger partial charge in [-0.1, -0.05) is 17.7 Å². The van der Waals surface area contributed by atoms with Crippen molar-refractivity contribution < 1.29 is 4.79 Å². The summed E-state index contributed by atoms with van der Waals surface area (Å²) in [7, 11) is 0. The number of halogens is 1. The molecule has 3 rings (SSSR count). The smallest absolute Gasteiger partial charge is 0.236 e. The molecule has 0 radical (unpaired) electrons. The zero-order valence-corrected chi connectivity index (χ0v) is 16.1. The minimum Gasteiger partial charge on any atom is -0.369 e. The van der Waals surface area contributed by atoms with E-state index in [-0.39, 0.29) is 5.91 Å². The first-order valence-corrected chi connectivity index (χ1v) is 9.65. The topological polar surface area (TPSA) is 30.0 Å². The van der Waals surface area contributed by atoms with Crippen LogP contribution in [0.5, 0.6) is 0 Å². The van der Waals surface area contributed by atoms with Crippen LogP contribution in [0, 0.1) is 0 Å². The van der Waals surface area contributed by atoms with E-state index in [2.05, 4.69) is 34.6 Å². The molecule has 2 heterocycles. The number of anilines is 1. The number of hydrogen-bond donors (Lipinski definition) is 0. The zero-order valence-electron chi connectivity index (χ0n) is 15.3. The highest BCUT2D eigenvalue weighted by atomic mass is 35.5. The quantitative estimate of drug-likeness (QED) is 0.817. The van der Waals surface area contributed by atoms with Gasteiger partial charge in [-0.05, 0) is 32.0 Å². The molecule has 1 aromatic rings. The molecule has 1 aromatic carbocycles. The summed E-state index contributed by atoms with van der Waals surface area (Å²) in [4.78, 5) is 21.7. The molecule has 0 bridgehead atoms. The number of hydrogen-bond acceptors (Lipinski definition) is 4. The van der Waals surface area contributed by atoms with Gasteiger partial charge in [-0.15, -0.1) is 0 Å². The minimum absolute atomic E-state index is 0.277. The van der Waals surface area contributed by atoms with Gasteiger partial charge in [0.05, 0.1) is 6.54 Å². The monoisotopic (exact) mass is 364 g/mol. The second kappa shape index (κ2) is 8.39. The van der Waals surface area contributed by atoms with Crippen LogP contribution in [-0.4, -0.2) is 85.6 Å². The average molecular weight is 365 g/mol. The maximum absolute atomic E-state index is 12.6. The lowest BCUT2D eigenvalue weighted by atomic mass is 10.2. The number of rotatable bonds is 4.